The predicted molar refractivity (Wildman–Crippen MR) is 126 cm³/mol. The Morgan fingerprint density at radius 2 is 1.91 bits per heavy atom. The van der Waals surface area contributed by atoms with E-state index in [0.29, 0.717) is 28.1 Å². The van der Waals surface area contributed by atoms with Crippen LogP contribution in [0.4, 0.5) is 9.52 Å². The molecule has 0 aliphatic carbocycles. The van der Waals surface area contributed by atoms with Crippen molar-refractivity contribution in [2.75, 3.05) is 4.90 Å². The van der Waals surface area contributed by atoms with Gasteiger partial charge in [0.25, 0.3) is 5.91 Å². The molecule has 4 aromatic rings. The first-order chi connectivity index (χ1) is 15.7. The van der Waals surface area contributed by atoms with Crippen molar-refractivity contribution in [1.82, 2.24) is 10.2 Å². The van der Waals surface area contributed by atoms with Crippen LogP contribution in [0.1, 0.15) is 46.6 Å². The van der Waals surface area contributed by atoms with Crippen LogP contribution in [-0.4, -0.2) is 16.1 Å². The van der Waals surface area contributed by atoms with E-state index in [-0.39, 0.29) is 27.3 Å². The molecule has 3 heterocycles. The van der Waals surface area contributed by atoms with E-state index in [1.54, 1.807) is 18.2 Å². The van der Waals surface area contributed by atoms with Crippen molar-refractivity contribution < 1.29 is 13.6 Å². The van der Waals surface area contributed by atoms with E-state index in [0.717, 1.165) is 11.1 Å². The van der Waals surface area contributed by atoms with E-state index >= 15 is 0 Å². The molecule has 0 saturated heterocycles. The van der Waals surface area contributed by atoms with Gasteiger partial charge in [0.2, 0.25) is 10.9 Å². The van der Waals surface area contributed by atoms with Gasteiger partial charge in [-0.2, -0.15) is 0 Å². The average molecular weight is 504 g/mol. The first kappa shape index (κ1) is 22.0. The molecule has 0 bridgehead atoms. The molecular weight excluding hydrogens is 488 g/mol. The number of carbonyl (C=O) groups is 1. The van der Waals surface area contributed by atoms with E-state index in [1.165, 1.54) is 28.4 Å². The zero-order valence-corrected chi connectivity index (χ0v) is 19.8. The highest BCUT2D eigenvalue weighted by atomic mass is 35.5. The standard InChI is InChI=1S/C23H16Cl2FN3O3S/c1-10(2)7-17-27-28-23(33-17)29-19(11-3-5-14(24)15(25)8-11)18-20(30)13-9-12(26)4-6-16(13)32-21(18)22(29)31/h3-6,8-10,19H,7H2,1-2H3. The summed E-state index contributed by atoms with van der Waals surface area (Å²) in [5.41, 5.74) is 0.267. The van der Waals surface area contributed by atoms with Crippen molar-refractivity contribution in [3.8, 4) is 0 Å². The Labute approximate surface area is 201 Å². The fourth-order valence-corrected chi connectivity index (χ4v) is 5.30. The molecule has 1 amide bonds. The number of hydrogen-bond acceptors (Lipinski definition) is 6. The predicted octanol–water partition coefficient (Wildman–Crippen LogP) is 6.04. The Balaban J connectivity index is 1.76. The maximum Gasteiger partial charge on any atom is 0.297 e. The summed E-state index contributed by atoms with van der Waals surface area (Å²) in [6.45, 7) is 4.12. The molecule has 0 spiro atoms. The van der Waals surface area contributed by atoms with Gasteiger partial charge < -0.3 is 4.42 Å². The van der Waals surface area contributed by atoms with Crippen molar-refractivity contribution in [2.24, 2.45) is 5.92 Å². The molecule has 0 N–H and O–H groups in total. The lowest BCUT2D eigenvalue weighted by molar-refractivity contribution is 0.0970. The van der Waals surface area contributed by atoms with Gasteiger partial charge >= 0.3 is 0 Å². The number of nitrogens with zero attached hydrogens (tertiary/aromatic N) is 3. The zero-order valence-electron chi connectivity index (χ0n) is 17.4. The fourth-order valence-electron chi connectivity index (χ4n) is 3.91. The lowest BCUT2D eigenvalue weighted by Gasteiger charge is -2.22. The van der Waals surface area contributed by atoms with Gasteiger partial charge in [-0.05, 0) is 41.8 Å². The number of rotatable bonds is 4. The van der Waals surface area contributed by atoms with Crippen molar-refractivity contribution in [2.45, 2.75) is 26.3 Å². The smallest absolute Gasteiger partial charge is 0.297 e. The summed E-state index contributed by atoms with van der Waals surface area (Å²) in [6.07, 6.45) is 0.699. The number of halogens is 3. The van der Waals surface area contributed by atoms with E-state index in [9.17, 15) is 14.0 Å². The summed E-state index contributed by atoms with van der Waals surface area (Å²) in [5.74, 6) is -0.872. The van der Waals surface area contributed by atoms with Gasteiger partial charge in [-0.1, -0.05) is 54.5 Å². The fraction of sp³-hybridized carbons (Fsp3) is 0.217. The summed E-state index contributed by atoms with van der Waals surface area (Å²) in [6, 6.07) is 7.59. The normalized spacial score (nSPS) is 15.6. The number of amides is 1. The third kappa shape index (κ3) is 3.72. The van der Waals surface area contributed by atoms with Gasteiger partial charge in [-0.25, -0.2) is 4.39 Å². The third-order valence-electron chi connectivity index (χ3n) is 5.34. The number of benzene rings is 2. The Bertz CT molecular complexity index is 1480. The summed E-state index contributed by atoms with van der Waals surface area (Å²) in [4.78, 5) is 28.4. The molecule has 2 aromatic heterocycles. The molecule has 2 aromatic carbocycles. The second kappa shape index (κ2) is 8.20. The van der Waals surface area contributed by atoms with Crippen molar-refractivity contribution >= 4 is 56.5 Å². The van der Waals surface area contributed by atoms with Crippen LogP contribution in [0.15, 0.2) is 45.6 Å². The highest BCUT2D eigenvalue weighted by molar-refractivity contribution is 7.15. The maximum atomic E-state index is 13.9. The molecule has 1 atom stereocenters. The molecule has 10 heteroatoms. The van der Waals surface area contributed by atoms with E-state index in [1.807, 2.05) is 0 Å². The minimum absolute atomic E-state index is 0.0474. The van der Waals surface area contributed by atoms with Gasteiger partial charge in [0.15, 0.2) is 5.43 Å². The highest BCUT2D eigenvalue weighted by Gasteiger charge is 2.45. The van der Waals surface area contributed by atoms with Crippen LogP contribution in [0.3, 0.4) is 0 Å². The minimum Gasteiger partial charge on any atom is -0.450 e. The second-order valence-corrected chi connectivity index (χ2v) is 10.00. The van der Waals surface area contributed by atoms with Crippen LogP contribution < -0.4 is 10.3 Å². The number of aromatic nitrogens is 2. The second-order valence-electron chi connectivity index (χ2n) is 8.14. The molecule has 0 radical (unpaired) electrons. The first-order valence-electron chi connectivity index (χ1n) is 10.1. The van der Waals surface area contributed by atoms with E-state index in [2.05, 4.69) is 24.0 Å². The lowest BCUT2D eigenvalue weighted by atomic mass is 9.99. The number of fused-ring (bicyclic) bond motifs is 2. The molecule has 1 aliphatic rings. The van der Waals surface area contributed by atoms with Crippen LogP contribution in [0.5, 0.6) is 0 Å². The van der Waals surface area contributed by atoms with Gasteiger partial charge in [0.1, 0.15) is 16.4 Å². The maximum absolute atomic E-state index is 13.9. The van der Waals surface area contributed by atoms with Crippen LogP contribution in [-0.2, 0) is 6.42 Å². The summed E-state index contributed by atoms with van der Waals surface area (Å²) >= 11 is 13.6. The molecule has 5 rings (SSSR count). The molecule has 1 unspecified atom stereocenters. The first-order valence-corrected chi connectivity index (χ1v) is 11.7. The SMILES string of the molecule is CC(C)Cc1nnc(N2C(=O)c3oc4ccc(F)cc4c(=O)c3C2c2ccc(Cl)c(Cl)c2)s1. The summed E-state index contributed by atoms with van der Waals surface area (Å²) in [7, 11) is 0. The molecule has 168 valence electrons. The van der Waals surface area contributed by atoms with Gasteiger partial charge in [-0.3, -0.25) is 14.5 Å². The Morgan fingerprint density at radius 1 is 1.12 bits per heavy atom. The Morgan fingerprint density at radius 3 is 2.64 bits per heavy atom. The Kier molecular flexibility index (Phi) is 5.47. The average Bonchev–Trinajstić information content (AvgIpc) is 3.32. The summed E-state index contributed by atoms with van der Waals surface area (Å²) in [5, 5.41) is 10.2. The lowest BCUT2D eigenvalue weighted by Crippen LogP contribution is -2.29. The highest BCUT2D eigenvalue weighted by Crippen LogP contribution is 2.43. The molecule has 6 nitrogen and oxygen atoms in total. The summed E-state index contributed by atoms with van der Waals surface area (Å²) < 4.78 is 19.7. The molecular formula is C23H16Cl2FN3O3S. The number of anilines is 1. The van der Waals surface area contributed by atoms with Crippen LogP contribution >= 0.6 is 34.5 Å². The zero-order chi connectivity index (χ0) is 23.4. The van der Waals surface area contributed by atoms with Gasteiger partial charge in [-0.15, -0.1) is 10.2 Å². The van der Waals surface area contributed by atoms with Crippen molar-refractivity contribution in [3.05, 3.63) is 84.4 Å². The van der Waals surface area contributed by atoms with Crippen molar-refractivity contribution in [3.63, 3.8) is 0 Å². The van der Waals surface area contributed by atoms with Crippen molar-refractivity contribution in [1.29, 1.82) is 0 Å². The molecule has 0 fully saturated rings. The minimum atomic E-state index is -0.883. The van der Waals surface area contributed by atoms with Crippen LogP contribution in [0.25, 0.3) is 11.0 Å². The third-order valence-corrected chi connectivity index (χ3v) is 7.02. The monoisotopic (exact) mass is 503 g/mol. The van der Waals surface area contributed by atoms with Gasteiger partial charge in [0.05, 0.1) is 27.0 Å². The van der Waals surface area contributed by atoms with Crippen LogP contribution in [0, 0.1) is 11.7 Å². The largest absolute Gasteiger partial charge is 0.450 e. The topological polar surface area (TPSA) is 76.3 Å². The number of carbonyl (C=O) groups excluding carboxylic acids is 1. The van der Waals surface area contributed by atoms with Gasteiger partial charge in [0, 0.05) is 6.42 Å². The van der Waals surface area contributed by atoms with E-state index in [4.69, 9.17) is 27.6 Å². The Hall–Kier alpha value is -2.81. The molecule has 0 saturated carbocycles. The van der Waals surface area contributed by atoms with Crippen LogP contribution in [0.2, 0.25) is 10.0 Å². The van der Waals surface area contributed by atoms with E-state index < -0.39 is 23.2 Å². The number of hydrogen-bond donors (Lipinski definition) is 0. The quantitative estimate of drug-likeness (QED) is 0.339. The molecule has 33 heavy (non-hydrogen) atoms. The molecule has 1 aliphatic heterocycles.